The van der Waals surface area contributed by atoms with E-state index < -0.39 is 37.9 Å². The predicted molar refractivity (Wildman–Crippen MR) is 146 cm³/mol. The number of esters is 1. The van der Waals surface area contributed by atoms with Gasteiger partial charge in [0, 0.05) is 0 Å². The first kappa shape index (κ1) is 27.9. The Morgan fingerprint density at radius 3 is 2.17 bits per heavy atom. The van der Waals surface area contributed by atoms with Crippen LogP contribution in [0.4, 0.5) is 0 Å². The molecule has 2 aromatic carbocycles. The maximum Gasteiger partial charge on any atom is 0.339 e. The third-order valence-electron chi connectivity index (χ3n) is 6.88. The zero-order valence-corrected chi connectivity index (χ0v) is 23.4. The van der Waals surface area contributed by atoms with Crippen LogP contribution in [-0.4, -0.2) is 44.5 Å². The van der Waals surface area contributed by atoms with E-state index in [1.54, 1.807) is 24.3 Å². The van der Waals surface area contributed by atoms with Crippen LogP contribution >= 0.6 is 0 Å². The number of carbonyl (C=O) groups excluding carboxylic acids is 1. The number of rotatable bonds is 8. The van der Waals surface area contributed by atoms with Gasteiger partial charge >= 0.3 is 5.97 Å². The van der Waals surface area contributed by atoms with Crippen molar-refractivity contribution in [2.45, 2.75) is 76.3 Å². The first-order valence-electron chi connectivity index (χ1n) is 12.3. The van der Waals surface area contributed by atoms with E-state index in [0.29, 0.717) is 5.56 Å². The van der Waals surface area contributed by atoms with E-state index in [0.717, 1.165) is 5.56 Å². The lowest BCUT2D eigenvalue weighted by atomic mass is 9.90. The largest absolute Gasteiger partial charge is 0.442 e. The Kier molecular flexibility index (Phi) is 8.32. The summed E-state index contributed by atoms with van der Waals surface area (Å²) in [5.74, 6) is 1.22. The molecule has 0 unspecified atom stereocenters. The van der Waals surface area contributed by atoms with Crippen LogP contribution in [-0.2, 0) is 18.6 Å². The third kappa shape index (κ3) is 6.35. The molecule has 3 atom stereocenters. The highest BCUT2D eigenvalue weighted by Gasteiger charge is 2.58. The van der Waals surface area contributed by atoms with Crippen molar-refractivity contribution in [3.8, 4) is 12.3 Å². The van der Waals surface area contributed by atoms with E-state index in [2.05, 4.69) is 39.8 Å². The number of benzene rings is 2. The zero-order chi connectivity index (χ0) is 26.6. The summed E-state index contributed by atoms with van der Waals surface area (Å²) in [6.07, 6.45) is 8.27. The van der Waals surface area contributed by atoms with Crippen LogP contribution in [0, 0.1) is 12.3 Å². The van der Waals surface area contributed by atoms with Gasteiger partial charge in [-0.25, -0.2) is 4.79 Å². The van der Waals surface area contributed by atoms with E-state index >= 15 is 0 Å². The lowest BCUT2D eigenvalue weighted by Gasteiger charge is -2.45. The molecule has 192 valence electrons. The number of hydrogen-bond acceptors (Lipinski definition) is 5. The summed E-state index contributed by atoms with van der Waals surface area (Å²) in [5, 5.41) is -0.0750. The molecule has 0 N–H and O–H groups in total. The molecule has 0 spiro atoms. The van der Waals surface area contributed by atoms with E-state index in [4.69, 9.17) is 25.1 Å². The molecular weight excluding hydrogens is 468 g/mol. The highest BCUT2D eigenvalue weighted by atomic mass is 28.4. The van der Waals surface area contributed by atoms with Gasteiger partial charge in [-0.15, -0.1) is 6.42 Å². The van der Waals surface area contributed by atoms with Gasteiger partial charge in [-0.1, -0.05) is 87.4 Å². The van der Waals surface area contributed by atoms with Gasteiger partial charge in [0.25, 0.3) is 0 Å². The molecule has 0 aliphatic carbocycles. The quantitative estimate of drug-likeness (QED) is 0.233. The summed E-state index contributed by atoms with van der Waals surface area (Å²) in [7, 11) is -2.33. The fourth-order valence-corrected chi connectivity index (χ4v) is 5.07. The second-order valence-electron chi connectivity index (χ2n) is 11.1. The van der Waals surface area contributed by atoms with Crippen LogP contribution in [0.3, 0.4) is 0 Å². The Morgan fingerprint density at radius 1 is 1.08 bits per heavy atom. The summed E-state index contributed by atoms with van der Waals surface area (Å²) in [4.78, 5) is 13.1. The van der Waals surface area contributed by atoms with Crippen molar-refractivity contribution in [3.63, 3.8) is 0 Å². The lowest BCUT2D eigenvalue weighted by molar-refractivity contribution is -0.196. The molecule has 0 amide bonds. The number of carbonyl (C=O) groups is 1. The third-order valence-corrected chi connectivity index (χ3v) is 11.3. The number of terminal acetylenes is 1. The van der Waals surface area contributed by atoms with Gasteiger partial charge in [0.1, 0.15) is 6.10 Å². The van der Waals surface area contributed by atoms with Crippen LogP contribution < -0.4 is 0 Å². The normalized spacial score (nSPS) is 21.6. The summed E-state index contributed by atoms with van der Waals surface area (Å²) < 4.78 is 25.4. The smallest absolute Gasteiger partial charge is 0.339 e. The maximum atomic E-state index is 13.1. The van der Waals surface area contributed by atoms with Crippen LogP contribution in [0.1, 0.15) is 50.5 Å². The van der Waals surface area contributed by atoms with Crippen molar-refractivity contribution in [1.82, 2.24) is 0 Å². The highest BCUT2D eigenvalue weighted by molar-refractivity contribution is 6.74. The molecule has 1 saturated heterocycles. The monoisotopic (exact) mass is 506 g/mol. The molecule has 6 heteroatoms. The van der Waals surface area contributed by atoms with Crippen molar-refractivity contribution in [2.75, 3.05) is 6.61 Å². The molecule has 1 heterocycles. The second kappa shape index (κ2) is 10.7. The summed E-state index contributed by atoms with van der Waals surface area (Å²) in [5.41, 5.74) is 0.171. The minimum atomic E-state index is -2.33. The van der Waals surface area contributed by atoms with Gasteiger partial charge in [0.2, 0.25) is 0 Å². The first-order chi connectivity index (χ1) is 16.8. The molecule has 1 fully saturated rings. The Morgan fingerprint density at radius 2 is 1.67 bits per heavy atom. The fraction of sp³-hybridized carbons (Fsp3) is 0.433. The summed E-state index contributed by atoms with van der Waals surface area (Å²) in [6, 6.07) is 18.7. The Balaban J connectivity index is 2.08. The van der Waals surface area contributed by atoms with E-state index in [-0.39, 0.29) is 11.6 Å². The molecule has 2 aromatic rings. The van der Waals surface area contributed by atoms with Gasteiger partial charge in [0.15, 0.2) is 25.8 Å². The molecule has 1 aliphatic rings. The lowest BCUT2D eigenvalue weighted by Crippen LogP contribution is -2.60. The first-order valence-corrected chi connectivity index (χ1v) is 15.2. The van der Waals surface area contributed by atoms with Gasteiger partial charge < -0.3 is 18.6 Å². The SMILES string of the molecule is C#C[C@@H](OC(=O)c1ccccc1)[C@]1([C@H](/C=C/c2ccccc2)O[Si](C)(C)C(C)(C)C)COC(C)(C)O1. The van der Waals surface area contributed by atoms with E-state index in [1.807, 2.05) is 62.4 Å². The fourth-order valence-electron chi connectivity index (χ4n) is 3.80. The topological polar surface area (TPSA) is 54.0 Å². The molecule has 0 radical (unpaired) electrons. The molecule has 0 bridgehead atoms. The van der Waals surface area contributed by atoms with Gasteiger partial charge in [-0.05, 0) is 49.7 Å². The average molecular weight is 507 g/mol. The van der Waals surface area contributed by atoms with E-state index in [9.17, 15) is 4.79 Å². The second-order valence-corrected chi connectivity index (χ2v) is 15.9. The van der Waals surface area contributed by atoms with Crippen LogP contribution in [0.25, 0.3) is 6.08 Å². The highest BCUT2D eigenvalue weighted by Crippen LogP contribution is 2.44. The summed E-state index contributed by atoms with van der Waals surface area (Å²) in [6.45, 7) is 14.6. The van der Waals surface area contributed by atoms with E-state index in [1.165, 1.54) is 0 Å². The van der Waals surface area contributed by atoms with Gasteiger partial charge in [0.05, 0.1) is 12.2 Å². The molecule has 0 saturated carbocycles. The minimum absolute atomic E-state index is 0.0750. The van der Waals surface area contributed by atoms with Crippen LogP contribution in [0.15, 0.2) is 66.7 Å². The minimum Gasteiger partial charge on any atom is -0.442 e. The molecule has 0 aromatic heterocycles. The van der Waals surface area contributed by atoms with Crippen molar-refractivity contribution < 1.29 is 23.4 Å². The van der Waals surface area contributed by atoms with Crippen molar-refractivity contribution in [2.24, 2.45) is 0 Å². The molecule has 5 nitrogen and oxygen atoms in total. The Hall–Kier alpha value is -2.69. The zero-order valence-electron chi connectivity index (χ0n) is 22.4. The summed E-state index contributed by atoms with van der Waals surface area (Å²) >= 11 is 0. The molecule has 1 aliphatic heterocycles. The predicted octanol–water partition coefficient (Wildman–Crippen LogP) is 6.47. The molecular formula is C30H38O5Si. The Labute approximate surface area is 216 Å². The van der Waals surface area contributed by atoms with Crippen molar-refractivity contribution in [3.05, 3.63) is 77.9 Å². The Bertz CT molecular complexity index is 1100. The molecule has 36 heavy (non-hydrogen) atoms. The van der Waals surface area contributed by atoms with Crippen LogP contribution in [0.5, 0.6) is 0 Å². The van der Waals surface area contributed by atoms with Gasteiger partial charge in [-0.3, -0.25) is 0 Å². The molecule has 3 rings (SSSR count). The van der Waals surface area contributed by atoms with Gasteiger partial charge in [-0.2, -0.15) is 0 Å². The maximum absolute atomic E-state index is 13.1. The van der Waals surface area contributed by atoms with Crippen LogP contribution in [0.2, 0.25) is 18.1 Å². The van der Waals surface area contributed by atoms with Crippen molar-refractivity contribution >= 4 is 20.4 Å². The number of ether oxygens (including phenoxy) is 3. The average Bonchev–Trinajstić information content (AvgIpc) is 3.16. The number of hydrogen-bond donors (Lipinski definition) is 0. The standard InChI is InChI=1S/C30H38O5Si/c1-9-25(33-27(31)24-18-14-11-15-19-24)30(22-32-29(5,6)35-30)26(34-36(7,8)28(2,3)4)21-20-23-16-12-10-13-17-23/h1,10-21,25-26H,22H2,2-8H3/b21-20+/t25-,26+,30+/m1/s1. The van der Waals surface area contributed by atoms with Crippen molar-refractivity contribution in [1.29, 1.82) is 0 Å².